The van der Waals surface area contributed by atoms with E-state index in [9.17, 15) is 18.3 Å². The lowest BCUT2D eigenvalue weighted by atomic mass is 9.98. The molecule has 0 radical (unpaired) electrons. The number of ether oxygens (including phenoxy) is 1. The molecule has 27 heavy (non-hydrogen) atoms. The molecule has 0 aliphatic carbocycles. The lowest BCUT2D eigenvalue weighted by Crippen LogP contribution is -2.37. The quantitative estimate of drug-likeness (QED) is 0.874. The first-order chi connectivity index (χ1) is 13.0. The van der Waals surface area contributed by atoms with E-state index < -0.39 is 22.0 Å². The van der Waals surface area contributed by atoms with E-state index in [1.54, 1.807) is 47.4 Å². The molecule has 0 bridgehead atoms. The second kappa shape index (κ2) is 6.98. The number of fused-ring (bicyclic) bond motifs is 1. The summed E-state index contributed by atoms with van der Waals surface area (Å²) < 4.78 is 31.7. The van der Waals surface area contributed by atoms with Crippen LogP contribution < -0.4 is 4.74 Å². The summed E-state index contributed by atoms with van der Waals surface area (Å²) in [6.07, 6.45) is 0.758. The van der Waals surface area contributed by atoms with Crippen molar-refractivity contribution in [3.63, 3.8) is 0 Å². The van der Waals surface area contributed by atoms with Gasteiger partial charge in [0.1, 0.15) is 5.75 Å². The molecule has 0 spiro atoms. The Morgan fingerprint density at radius 3 is 2.56 bits per heavy atom. The Morgan fingerprint density at radius 2 is 1.85 bits per heavy atom. The van der Waals surface area contributed by atoms with Gasteiger partial charge in [0.25, 0.3) is 0 Å². The van der Waals surface area contributed by atoms with Crippen molar-refractivity contribution >= 4 is 15.7 Å². The summed E-state index contributed by atoms with van der Waals surface area (Å²) in [7, 11) is -3.70. The molecular formula is C20H21NO5S. The number of nitrogens with zero attached hydrogens (tertiary/aromatic N) is 1. The van der Waals surface area contributed by atoms with Crippen LogP contribution in [0.2, 0.25) is 0 Å². The van der Waals surface area contributed by atoms with Gasteiger partial charge in [0.05, 0.1) is 28.5 Å². The molecule has 1 saturated heterocycles. The molecule has 2 aliphatic rings. The number of aliphatic hydroxyl groups is 1. The number of rotatable bonds is 3. The molecule has 2 aromatic carbocycles. The summed E-state index contributed by atoms with van der Waals surface area (Å²) in [6.45, 7) is 0.868. The van der Waals surface area contributed by atoms with Crippen LogP contribution in [0.25, 0.3) is 0 Å². The topological polar surface area (TPSA) is 83.9 Å². The second-order valence-corrected chi connectivity index (χ2v) is 8.81. The minimum Gasteiger partial charge on any atom is -0.493 e. The Hall–Kier alpha value is -2.38. The molecule has 2 aromatic rings. The van der Waals surface area contributed by atoms with Gasteiger partial charge in [-0.25, -0.2) is 8.42 Å². The third-order valence-corrected chi connectivity index (χ3v) is 6.91. The monoisotopic (exact) mass is 387 g/mol. The Balaban J connectivity index is 1.82. The van der Waals surface area contributed by atoms with Gasteiger partial charge in [-0.2, -0.15) is 0 Å². The van der Waals surface area contributed by atoms with Gasteiger partial charge in [-0.1, -0.05) is 18.2 Å². The summed E-state index contributed by atoms with van der Waals surface area (Å²) in [6, 6.07) is 12.3. The van der Waals surface area contributed by atoms with Crippen LogP contribution in [0.1, 0.15) is 30.9 Å². The Kier molecular flexibility index (Phi) is 4.65. The number of aliphatic hydroxyl groups excluding tert-OH is 1. The average Bonchev–Trinajstić information content (AvgIpc) is 3.01. The van der Waals surface area contributed by atoms with E-state index in [1.165, 1.54) is 6.07 Å². The molecule has 0 unspecified atom stereocenters. The van der Waals surface area contributed by atoms with Gasteiger partial charge in [-0.05, 0) is 36.8 Å². The minimum absolute atomic E-state index is 0.0248. The normalized spacial score (nSPS) is 22.9. The van der Waals surface area contributed by atoms with Crippen LogP contribution in [0.4, 0.5) is 0 Å². The van der Waals surface area contributed by atoms with Crippen molar-refractivity contribution in [2.24, 2.45) is 0 Å². The molecule has 1 amide bonds. The molecule has 142 valence electrons. The van der Waals surface area contributed by atoms with Crippen LogP contribution in [0.3, 0.4) is 0 Å². The maximum absolute atomic E-state index is 13.0. The molecule has 1 fully saturated rings. The largest absolute Gasteiger partial charge is 0.493 e. The second-order valence-electron chi connectivity index (χ2n) is 6.86. The lowest BCUT2D eigenvalue weighted by molar-refractivity contribution is -0.132. The Labute approximate surface area is 158 Å². The molecule has 0 aromatic heterocycles. The summed E-state index contributed by atoms with van der Waals surface area (Å²) in [5, 5.41) is 10.7. The number of carbonyl (C=O) groups excluding carboxylic acids is 1. The SMILES string of the molecule is O=C1CCCN1[C@H]1c2cc(S(=O)(=O)c3ccccc3)ccc2OCC[C@@H]1O. The first-order valence-corrected chi connectivity index (χ1v) is 10.5. The van der Waals surface area contributed by atoms with Crippen molar-refractivity contribution in [2.45, 2.75) is 41.2 Å². The van der Waals surface area contributed by atoms with Crippen LogP contribution in [0, 0.1) is 0 Å². The number of hydrogen-bond donors (Lipinski definition) is 1. The molecule has 7 heteroatoms. The average molecular weight is 387 g/mol. The molecule has 1 N–H and O–H groups in total. The van der Waals surface area contributed by atoms with Gasteiger partial charge < -0.3 is 14.7 Å². The fraction of sp³-hybridized carbons (Fsp3) is 0.350. The van der Waals surface area contributed by atoms with E-state index in [0.29, 0.717) is 37.3 Å². The van der Waals surface area contributed by atoms with Gasteiger partial charge >= 0.3 is 0 Å². The Bertz CT molecular complexity index is 958. The van der Waals surface area contributed by atoms with Crippen LogP contribution in [0.5, 0.6) is 5.75 Å². The minimum atomic E-state index is -3.70. The molecule has 2 aliphatic heterocycles. The van der Waals surface area contributed by atoms with Gasteiger partial charge in [0, 0.05) is 24.9 Å². The van der Waals surface area contributed by atoms with E-state index in [1.807, 2.05) is 0 Å². The van der Waals surface area contributed by atoms with Crippen LogP contribution in [-0.2, 0) is 14.6 Å². The van der Waals surface area contributed by atoms with Gasteiger partial charge in [-0.15, -0.1) is 0 Å². The summed E-state index contributed by atoms with van der Waals surface area (Å²) >= 11 is 0. The van der Waals surface area contributed by atoms with Crippen molar-refractivity contribution in [2.75, 3.05) is 13.2 Å². The number of likely N-dealkylation sites (tertiary alicyclic amines) is 1. The van der Waals surface area contributed by atoms with Crippen molar-refractivity contribution in [1.82, 2.24) is 4.90 Å². The van der Waals surface area contributed by atoms with Gasteiger partial charge in [0.2, 0.25) is 15.7 Å². The van der Waals surface area contributed by atoms with E-state index in [2.05, 4.69) is 0 Å². The van der Waals surface area contributed by atoms with E-state index >= 15 is 0 Å². The highest BCUT2D eigenvalue weighted by atomic mass is 32.2. The fourth-order valence-electron chi connectivity index (χ4n) is 3.79. The van der Waals surface area contributed by atoms with E-state index in [-0.39, 0.29) is 15.7 Å². The molecule has 6 nitrogen and oxygen atoms in total. The summed E-state index contributed by atoms with van der Waals surface area (Å²) in [5.74, 6) is 0.492. The maximum atomic E-state index is 13.0. The number of benzene rings is 2. The van der Waals surface area contributed by atoms with Gasteiger partial charge in [-0.3, -0.25) is 4.79 Å². The van der Waals surface area contributed by atoms with Crippen molar-refractivity contribution in [3.05, 3.63) is 54.1 Å². The zero-order valence-corrected chi connectivity index (χ0v) is 15.6. The number of hydrogen-bond acceptors (Lipinski definition) is 5. The van der Waals surface area contributed by atoms with E-state index in [4.69, 9.17) is 4.74 Å². The van der Waals surface area contributed by atoms with Crippen LogP contribution in [-0.4, -0.2) is 43.6 Å². The fourth-order valence-corrected chi connectivity index (χ4v) is 5.10. The molecule has 0 saturated carbocycles. The number of amides is 1. The molecule has 2 atom stereocenters. The maximum Gasteiger partial charge on any atom is 0.223 e. The summed E-state index contributed by atoms with van der Waals surface area (Å²) in [5.41, 5.74) is 0.548. The summed E-state index contributed by atoms with van der Waals surface area (Å²) in [4.78, 5) is 14.3. The van der Waals surface area contributed by atoms with Gasteiger partial charge in [0.15, 0.2) is 0 Å². The highest BCUT2D eigenvalue weighted by Crippen LogP contribution is 2.39. The molecular weight excluding hydrogens is 366 g/mol. The van der Waals surface area contributed by atoms with Crippen molar-refractivity contribution in [1.29, 1.82) is 0 Å². The van der Waals surface area contributed by atoms with Crippen LogP contribution >= 0.6 is 0 Å². The molecule has 4 rings (SSSR count). The Morgan fingerprint density at radius 1 is 1.07 bits per heavy atom. The number of carbonyl (C=O) groups is 1. The first kappa shape index (κ1) is 18.0. The van der Waals surface area contributed by atoms with E-state index in [0.717, 1.165) is 6.42 Å². The third-order valence-electron chi connectivity index (χ3n) is 5.15. The highest BCUT2D eigenvalue weighted by Gasteiger charge is 2.37. The highest BCUT2D eigenvalue weighted by molar-refractivity contribution is 7.91. The van der Waals surface area contributed by atoms with Crippen molar-refractivity contribution in [3.8, 4) is 5.75 Å². The zero-order chi connectivity index (χ0) is 19.0. The van der Waals surface area contributed by atoms with Crippen molar-refractivity contribution < 1.29 is 23.1 Å². The lowest BCUT2D eigenvalue weighted by Gasteiger charge is -2.31. The molecule has 2 heterocycles. The van der Waals surface area contributed by atoms with Crippen LogP contribution in [0.15, 0.2) is 58.3 Å². The first-order valence-electron chi connectivity index (χ1n) is 9.03. The number of sulfone groups is 1. The smallest absolute Gasteiger partial charge is 0.223 e. The third kappa shape index (κ3) is 3.21. The predicted molar refractivity (Wildman–Crippen MR) is 98.1 cm³/mol. The standard InChI is InChI=1S/C20H21NO5S/c22-17-10-12-26-18-9-8-15(27(24,25)14-5-2-1-3-6-14)13-16(18)20(17)21-11-4-7-19(21)23/h1-3,5-6,8-9,13,17,20,22H,4,7,10-12H2/t17-,20-/m0/s1. The predicted octanol–water partition coefficient (Wildman–Crippen LogP) is 2.33. The zero-order valence-electron chi connectivity index (χ0n) is 14.7.